The predicted molar refractivity (Wildman–Crippen MR) is 74.0 cm³/mol. The summed E-state index contributed by atoms with van der Waals surface area (Å²) < 4.78 is 0. The molecule has 4 nitrogen and oxygen atoms in total. The number of amides is 1. The van der Waals surface area contributed by atoms with Crippen molar-refractivity contribution in [3.8, 4) is 6.07 Å². The molecule has 0 aromatic carbocycles. The van der Waals surface area contributed by atoms with Gasteiger partial charge in [-0.2, -0.15) is 5.26 Å². The van der Waals surface area contributed by atoms with Crippen molar-refractivity contribution in [2.24, 2.45) is 5.92 Å². The van der Waals surface area contributed by atoms with Gasteiger partial charge in [-0.1, -0.05) is 27.7 Å². The third-order valence-corrected chi connectivity index (χ3v) is 3.40. The molecule has 2 rings (SSSR count). The van der Waals surface area contributed by atoms with Crippen molar-refractivity contribution in [3.05, 3.63) is 0 Å². The fourth-order valence-electron chi connectivity index (χ4n) is 1.89. The molecule has 2 N–H and O–H groups in total. The van der Waals surface area contributed by atoms with Gasteiger partial charge in [0.1, 0.15) is 0 Å². The molecule has 2 aliphatic rings. The number of hydrogen-bond acceptors (Lipinski definition) is 3. The molecule has 4 heteroatoms. The second-order valence-corrected chi connectivity index (χ2v) is 4.83. The molecule has 0 aromatic heterocycles. The monoisotopic (exact) mass is 253 g/mol. The molecule has 2 atom stereocenters. The minimum Gasteiger partial charge on any atom is -0.353 e. The van der Waals surface area contributed by atoms with Crippen molar-refractivity contribution in [1.29, 1.82) is 5.26 Å². The Balaban J connectivity index is 0.000000283. The molecule has 18 heavy (non-hydrogen) atoms. The van der Waals surface area contributed by atoms with Crippen molar-refractivity contribution < 1.29 is 4.79 Å². The maximum Gasteiger partial charge on any atom is 0.207 e. The van der Waals surface area contributed by atoms with Gasteiger partial charge in [-0.05, 0) is 38.1 Å². The minimum absolute atomic E-state index is 0.130. The molecule has 0 bridgehead atoms. The number of nitrogens with zero attached hydrogens (tertiary/aromatic N) is 1. The summed E-state index contributed by atoms with van der Waals surface area (Å²) in [7, 11) is 0. The van der Waals surface area contributed by atoms with E-state index >= 15 is 0 Å². The summed E-state index contributed by atoms with van der Waals surface area (Å²) in [4.78, 5) is 9.91. The highest BCUT2D eigenvalue weighted by Gasteiger charge is 2.39. The molecule has 0 aromatic rings. The number of carbonyl (C=O) groups is 1. The Morgan fingerprint density at radius 1 is 1.50 bits per heavy atom. The van der Waals surface area contributed by atoms with Gasteiger partial charge in [-0.15, -0.1) is 0 Å². The van der Waals surface area contributed by atoms with E-state index < -0.39 is 0 Å². The summed E-state index contributed by atoms with van der Waals surface area (Å²) in [5.41, 5.74) is 0.224. The van der Waals surface area contributed by atoms with Crippen LogP contribution in [0.15, 0.2) is 0 Å². The average Bonchev–Trinajstić information content (AvgIpc) is 3.06. The summed E-state index contributed by atoms with van der Waals surface area (Å²) in [6, 6.07) is 2.31. The van der Waals surface area contributed by atoms with Crippen LogP contribution in [-0.4, -0.2) is 24.5 Å². The van der Waals surface area contributed by atoms with E-state index in [1.165, 1.54) is 12.8 Å². The van der Waals surface area contributed by atoms with Crippen molar-refractivity contribution >= 4 is 6.41 Å². The van der Waals surface area contributed by atoms with Crippen LogP contribution in [0, 0.1) is 17.2 Å². The first kappa shape index (κ1) is 16.9. The molecule has 1 saturated heterocycles. The van der Waals surface area contributed by atoms with Gasteiger partial charge < -0.3 is 10.6 Å². The summed E-state index contributed by atoms with van der Waals surface area (Å²) in [6.07, 6.45) is 5.24. The van der Waals surface area contributed by atoms with Crippen molar-refractivity contribution in [1.82, 2.24) is 10.6 Å². The first-order chi connectivity index (χ1) is 8.65. The van der Waals surface area contributed by atoms with Crippen LogP contribution in [-0.2, 0) is 4.79 Å². The maximum absolute atomic E-state index is 9.91. The van der Waals surface area contributed by atoms with Crippen molar-refractivity contribution in [2.45, 2.75) is 65.0 Å². The molecule has 2 fully saturated rings. The first-order valence-corrected chi connectivity index (χ1v) is 7.00. The lowest BCUT2D eigenvalue weighted by Gasteiger charge is -2.08. The normalized spacial score (nSPS) is 26.6. The molecule has 1 heterocycles. The summed E-state index contributed by atoms with van der Waals surface area (Å²) in [5.74, 6) is 0.694. The average molecular weight is 253 g/mol. The largest absolute Gasteiger partial charge is 0.353 e. The zero-order valence-electron chi connectivity index (χ0n) is 12.1. The number of hydrogen-bond donors (Lipinski definition) is 2. The number of rotatable bonds is 3. The van der Waals surface area contributed by atoms with Gasteiger partial charge in [0.25, 0.3) is 0 Å². The van der Waals surface area contributed by atoms with Crippen molar-refractivity contribution in [3.63, 3.8) is 0 Å². The van der Waals surface area contributed by atoms with Crippen LogP contribution in [0.5, 0.6) is 0 Å². The highest BCUT2D eigenvalue weighted by molar-refractivity contribution is 5.49. The second-order valence-electron chi connectivity index (χ2n) is 4.83. The summed E-state index contributed by atoms with van der Waals surface area (Å²) >= 11 is 0. The van der Waals surface area contributed by atoms with Crippen LogP contribution >= 0.6 is 0 Å². The lowest BCUT2D eigenvalue weighted by Crippen LogP contribution is -2.28. The fraction of sp³-hybridized carbons (Fsp3) is 0.857. The molecular weight excluding hydrogens is 226 g/mol. The zero-order valence-corrected chi connectivity index (χ0v) is 12.1. The molecule has 104 valence electrons. The van der Waals surface area contributed by atoms with Crippen LogP contribution < -0.4 is 10.6 Å². The Hall–Kier alpha value is -1.08. The Labute approximate surface area is 111 Å². The minimum atomic E-state index is 0.130. The standard InChI is InChI=1S/C6H10N2.C6H11NO.C2H6/c1-5-2-6(3-7)8-4-5;1-2-6(3-4-6)7-5-8;1-2/h5-6,8H,2,4H2,1H3;5H,2-4H2,1H3,(H,7,8);1-2H3. The van der Waals surface area contributed by atoms with Gasteiger partial charge in [-0.25, -0.2) is 0 Å². The Morgan fingerprint density at radius 3 is 2.28 bits per heavy atom. The van der Waals surface area contributed by atoms with E-state index in [4.69, 9.17) is 5.26 Å². The van der Waals surface area contributed by atoms with E-state index in [0.717, 1.165) is 25.8 Å². The topological polar surface area (TPSA) is 64.9 Å². The number of carbonyl (C=O) groups excluding carboxylic acids is 1. The van der Waals surface area contributed by atoms with Crippen LogP contribution in [0.2, 0.25) is 0 Å². The van der Waals surface area contributed by atoms with E-state index in [0.29, 0.717) is 5.92 Å². The molecule has 2 unspecified atom stereocenters. The molecular formula is C14H27N3O. The Morgan fingerprint density at radius 2 is 2.11 bits per heavy atom. The van der Waals surface area contributed by atoms with Crippen LogP contribution in [0.25, 0.3) is 0 Å². The molecule has 0 spiro atoms. The second kappa shape index (κ2) is 8.93. The smallest absolute Gasteiger partial charge is 0.207 e. The molecule has 1 aliphatic carbocycles. The maximum atomic E-state index is 9.91. The van der Waals surface area contributed by atoms with Crippen molar-refractivity contribution in [2.75, 3.05) is 6.54 Å². The molecule has 1 saturated carbocycles. The van der Waals surface area contributed by atoms with E-state index in [9.17, 15) is 4.79 Å². The van der Waals surface area contributed by atoms with Crippen LogP contribution in [0.1, 0.15) is 53.4 Å². The SMILES string of the molecule is CC.CC1CNC(C#N)C1.CCC1(NC=O)CC1. The highest BCUT2D eigenvalue weighted by Crippen LogP contribution is 2.37. The lowest BCUT2D eigenvalue weighted by molar-refractivity contribution is -0.110. The van der Waals surface area contributed by atoms with Gasteiger partial charge in [0.15, 0.2) is 0 Å². The van der Waals surface area contributed by atoms with Crippen LogP contribution in [0.4, 0.5) is 0 Å². The molecule has 1 aliphatic heterocycles. The number of nitrogens with one attached hydrogen (secondary N) is 2. The Bertz CT molecular complexity index is 269. The summed E-state index contributed by atoms with van der Waals surface area (Å²) in [5, 5.41) is 14.3. The highest BCUT2D eigenvalue weighted by atomic mass is 16.1. The molecule has 0 radical (unpaired) electrons. The predicted octanol–water partition coefficient (Wildman–Crippen LogP) is 2.21. The summed E-state index contributed by atoms with van der Waals surface area (Å²) in [6.45, 7) is 9.27. The molecule has 1 amide bonds. The van der Waals surface area contributed by atoms with Gasteiger partial charge in [0, 0.05) is 5.54 Å². The lowest BCUT2D eigenvalue weighted by atomic mass is 10.1. The number of nitriles is 1. The van der Waals surface area contributed by atoms with E-state index in [-0.39, 0.29) is 11.6 Å². The first-order valence-electron chi connectivity index (χ1n) is 7.00. The third kappa shape index (κ3) is 6.02. The van der Waals surface area contributed by atoms with Gasteiger partial charge >= 0.3 is 0 Å². The van der Waals surface area contributed by atoms with E-state index in [2.05, 4.69) is 30.6 Å². The van der Waals surface area contributed by atoms with E-state index in [1.807, 2.05) is 13.8 Å². The zero-order chi connectivity index (χ0) is 14.0. The van der Waals surface area contributed by atoms with Crippen LogP contribution in [0.3, 0.4) is 0 Å². The third-order valence-electron chi connectivity index (χ3n) is 3.40. The van der Waals surface area contributed by atoms with Gasteiger partial charge in [-0.3, -0.25) is 4.79 Å². The quantitative estimate of drug-likeness (QED) is 0.758. The van der Waals surface area contributed by atoms with Gasteiger partial charge in [0.05, 0.1) is 12.1 Å². The fourth-order valence-corrected chi connectivity index (χ4v) is 1.89. The Kier molecular flexibility index (Phi) is 8.40. The van der Waals surface area contributed by atoms with E-state index in [1.54, 1.807) is 0 Å². The van der Waals surface area contributed by atoms with Gasteiger partial charge in [0.2, 0.25) is 6.41 Å².